The van der Waals surface area contributed by atoms with Crippen molar-refractivity contribution in [3.8, 4) is 0 Å². The van der Waals surface area contributed by atoms with Crippen molar-refractivity contribution in [2.24, 2.45) is 4.99 Å². The summed E-state index contributed by atoms with van der Waals surface area (Å²) in [5.41, 5.74) is 0.431. The molecule has 2 N–H and O–H groups in total. The second kappa shape index (κ2) is 8.83. The number of nitrogens with one attached hydrogen (secondary N) is 2. The number of fused-ring (bicyclic) bond motifs is 1. The van der Waals surface area contributed by atoms with Crippen LogP contribution in [0.25, 0.3) is 0 Å². The number of sulfone groups is 1. The lowest BCUT2D eigenvalue weighted by molar-refractivity contribution is -0.122. The third-order valence-electron chi connectivity index (χ3n) is 4.23. The molecule has 10 heteroatoms. The molecule has 8 nitrogen and oxygen atoms in total. The van der Waals surface area contributed by atoms with E-state index in [9.17, 15) is 21.6 Å². The first kappa shape index (κ1) is 21.4. The lowest BCUT2D eigenvalue weighted by Crippen LogP contribution is -2.38. The van der Waals surface area contributed by atoms with Crippen LogP contribution in [-0.2, 0) is 24.7 Å². The molecule has 150 valence electrons. The van der Waals surface area contributed by atoms with Crippen molar-refractivity contribution in [1.29, 1.82) is 0 Å². The number of carbonyl (C=O) groups excluding carboxylic acids is 1. The van der Waals surface area contributed by atoms with E-state index in [1.54, 1.807) is 25.1 Å². The Hall–Kier alpha value is -1.94. The standard InChI is InChI=1S/C17H25N3O5S2/c1-3-5-9-14(17(21)18-11-12-26(22,23)4-2)19-16-13-8-6-7-10-15(13)27(24,25)20-16/h6-8,10,14H,3-5,9,11-12H2,1-2H3,(H,18,21)(H,19,20). The molecule has 0 fully saturated rings. The number of aliphatic imine (C=N–C) groups is 1. The van der Waals surface area contributed by atoms with Gasteiger partial charge in [0.2, 0.25) is 5.91 Å². The van der Waals surface area contributed by atoms with Crippen LogP contribution in [0, 0.1) is 0 Å². The Bertz CT molecular complexity index is 924. The summed E-state index contributed by atoms with van der Waals surface area (Å²) in [6, 6.07) is 5.65. The molecule has 1 aromatic carbocycles. The van der Waals surface area contributed by atoms with Crippen LogP contribution in [0.15, 0.2) is 34.2 Å². The maximum absolute atomic E-state index is 12.5. The summed E-state index contributed by atoms with van der Waals surface area (Å²) in [6.45, 7) is 3.53. The molecule has 0 bridgehead atoms. The molecule has 1 aliphatic heterocycles. The number of rotatable bonds is 9. The van der Waals surface area contributed by atoms with Gasteiger partial charge in [0.25, 0.3) is 10.0 Å². The fraction of sp³-hybridized carbons (Fsp3) is 0.529. The number of nitrogens with zero attached hydrogens (tertiary/aromatic N) is 1. The zero-order valence-corrected chi connectivity index (χ0v) is 17.1. The average Bonchev–Trinajstić information content (AvgIpc) is 2.89. The number of amidine groups is 1. The van der Waals surface area contributed by atoms with Crippen LogP contribution in [0.2, 0.25) is 0 Å². The largest absolute Gasteiger partial charge is 0.353 e. The Balaban J connectivity index is 2.19. The first-order valence-corrected chi connectivity index (χ1v) is 12.2. The maximum atomic E-state index is 12.5. The highest BCUT2D eigenvalue weighted by atomic mass is 32.2. The summed E-state index contributed by atoms with van der Waals surface area (Å²) in [7, 11) is -6.86. The number of hydrogen-bond acceptors (Lipinski definition) is 6. The number of benzene rings is 1. The van der Waals surface area contributed by atoms with Crippen molar-refractivity contribution in [2.45, 2.75) is 44.0 Å². The van der Waals surface area contributed by atoms with E-state index in [-0.39, 0.29) is 28.8 Å². The second-order valence-corrected chi connectivity index (χ2v) is 10.4. The first-order chi connectivity index (χ1) is 12.7. The Morgan fingerprint density at radius 3 is 2.63 bits per heavy atom. The van der Waals surface area contributed by atoms with Crippen molar-refractivity contribution in [3.05, 3.63) is 29.8 Å². The predicted octanol–water partition coefficient (Wildman–Crippen LogP) is 0.835. The molecule has 1 atom stereocenters. The van der Waals surface area contributed by atoms with Crippen LogP contribution in [0.3, 0.4) is 0 Å². The molecule has 0 saturated heterocycles. The van der Waals surface area contributed by atoms with E-state index in [4.69, 9.17) is 0 Å². The number of sulfonamides is 1. The number of hydrogen-bond donors (Lipinski definition) is 2. The van der Waals surface area contributed by atoms with E-state index < -0.39 is 31.8 Å². The van der Waals surface area contributed by atoms with Crippen LogP contribution < -0.4 is 10.0 Å². The van der Waals surface area contributed by atoms with Crippen molar-refractivity contribution in [1.82, 2.24) is 10.0 Å². The van der Waals surface area contributed by atoms with Crippen molar-refractivity contribution in [2.75, 3.05) is 18.1 Å². The quantitative estimate of drug-likeness (QED) is 0.619. The van der Waals surface area contributed by atoms with Crippen LogP contribution in [0.1, 0.15) is 38.7 Å². The Morgan fingerprint density at radius 1 is 1.26 bits per heavy atom. The topological polar surface area (TPSA) is 122 Å². The van der Waals surface area contributed by atoms with Crippen LogP contribution in [0.4, 0.5) is 0 Å². The molecule has 1 aromatic rings. The highest BCUT2D eigenvalue weighted by molar-refractivity contribution is 7.91. The monoisotopic (exact) mass is 415 g/mol. The SMILES string of the molecule is CCCCC(N=C1NS(=O)(=O)c2ccccc21)C(=O)NCCS(=O)(=O)CC. The lowest BCUT2D eigenvalue weighted by atomic mass is 10.1. The number of unbranched alkanes of at least 4 members (excludes halogenated alkanes) is 1. The minimum Gasteiger partial charge on any atom is -0.353 e. The van der Waals surface area contributed by atoms with E-state index in [2.05, 4.69) is 15.0 Å². The van der Waals surface area contributed by atoms with Gasteiger partial charge in [0, 0.05) is 17.9 Å². The maximum Gasteiger partial charge on any atom is 0.263 e. The summed E-state index contributed by atoms with van der Waals surface area (Å²) in [4.78, 5) is 17.0. The van der Waals surface area contributed by atoms with Gasteiger partial charge in [-0.2, -0.15) is 0 Å². The molecule has 0 saturated carbocycles. The molecular formula is C17H25N3O5S2. The summed E-state index contributed by atoms with van der Waals surface area (Å²) in [5, 5.41) is 2.60. The van der Waals surface area contributed by atoms with Crippen LogP contribution >= 0.6 is 0 Å². The minimum atomic E-state index is -3.68. The lowest BCUT2D eigenvalue weighted by Gasteiger charge is -2.14. The molecule has 1 heterocycles. The van der Waals surface area contributed by atoms with Gasteiger partial charge in [-0.05, 0) is 18.6 Å². The Labute approximate surface area is 160 Å². The molecule has 1 aliphatic rings. The van der Waals surface area contributed by atoms with Crippen molar-refractivity contribution in [3.63, 3.8) is 0 Å². The molecule has 27 heavy (non-hydrogen) atoms. The molecule has 2 rings (SSSR count). The Kier molecular flexibility index (Phi) is 6.99. The van der Waals surface area contributed by atoms with Gasteiger partial charge in [0.05, 0.1) is 10.6 Å². The third kappa shape index (κ3) is 5.52. The molecule has 0 radical (unpaired) electrons. The van der Waals surface area contributed by atoms with E-state index in [0.29, 0.717) is 12.0 Å². The van der Waals surface area contributed by atoms with Gasteiger partial charge in [-0.1, -0.05) is 38.8 Å². The highest BCUT2D eigenvalue weighted by Crippen LogP contribution is 2.23. The molecule has 0 aromatic heterocycles. The molecule has 1 unspecified atom stereocenters. The van der Waals surface area contributed by atoms with Gasteiger partial charge in [0.15, 0.2) is 9.84 Å². The molecular weight excluding hydrogens is 390 g/mol. The summed E-state index contributed by atoms with van der Waals surface area (Å²) < 4.78 is 49.9. The minimum absolute atomic E-state index is 0.00476. The van der Waals surface area contributed by atoms with E-state index >= 15 is 0 Å². The highest BCUT2D eigenvalue weighted by Gasteiger charge is 2.31. The number of carbonyl (C=O) groups is 1. The molecule has 1 amide bonds. The zero-order valence-electron chi connectivity index (χ0n) is 15.4. The smallest absolute Gasteiger partial charge is 0.263 e. The average molecular weight is 416 g/mol. The predicted molar refractivity (Wildman–Crippen MR) is 104 cm³/mol. The van der Waals surface area contributed by atoms with Crippen molar-refractivity contribution >= 4 is 31.6 Å². The molecule has 0 spiro atoms. The third-order valence-corrected chi connectivity index (χ3v) is 7.34. The van der Waals surface area contributed by atoms with Gasteiger partial charge in [0.1, 0.15) is 11.9 Å². The van der Waals surface area contributed by atoms with Gasteiger partial charge in [-0.15, -0.1) is 0 Å². The van der Waals surface area contributed by atoms with E-state index in [1.807, 2.05) is 6.92 Å². The van der Waals surface area contributed by atoms with Gasteiger partial charge < -0.3 is 5.32 Å². The summed E-state index contributed by atoms with van der Waals surface area (Å²) in [6.07, 6.45) is 2.02. The van der Waals surface area contributed by atoms with Gasteiger partial charge >= 0.3 is 0 Å². The van der Waals surface area contributed by atoms with Gasteiger partial charge in [-0.25, -0.2) is 16.8 Å². The molecule has 0 aliphatic carbocycles. The fourth-order valence-corrected chi connectivity index (χ4v) is 4.57. The number of amides is 1. The van der Waals surface area contributed by atoms with Crippen molar-refractivity contribution < 1.29 is 21.6 Å². The van der Waals surface area contributed by atoms with Crippen LogP contribution in [-0.4, -0.2) is 52.7 Å². The fourth-order valence-electron chi connectivity index (χ4n) is 2.63. The summed E-state index contributed by atoms with van der Waals surface area (Å²) in [5.74, 6) is -0.390. The first-order valence-electron chi connectivity index (χ1n) is 8.88. The van der Waals surface area contributed by atoms with E-state index in [1.165, 1.54) is 6.07 Å². The Morgan fingerprint density at radius 2 is 1.96 bits per heavy atom. The van der Waals surface area contributed by atoms with Crippen LogP contribution in [0.5, 0.6) is 0 Å². The zero-order chi connectivity index (χ0) is 20.1. The van der Waals surface area contributed by atoms with E-state index in [0.717, 1.165) is 12.8 Å². The van der Waals surface area contributed by atoms with Gasteiger partial charge in [-0.3, -0.25) is 14.5 Å². The summed E-state index contributed by atoms with van der Waals surface area (Å²) >= 11 is 0. The normalized spacial score (nSPS) is 17.9. The second-order valence-electron chi connectivity index (χ2n) is 6.26.